The lowest BCUT2D eigenvalue weighted by molar-refractivity contribution is -0.124. The summed E-state index contributed by atoms with van der Waals surface area (Å²) in [6, 6.07) is 23.6. The van der Waals surface area contributed by atoms with E-state index in [1.165, 1.54) is 0 Å². The molecule has 0 aliphatic rings. The predicted octanol–water partition coefficient (Wildman–Crippen LogP) is 4.63. The molecule has 1 amide bonds. The van der Waals surface area contributed by atoms with E-state index in [1.54, 1.807) is 12.3 Å². The summed E-state index contributed by atoms with van der Waals surface area (Å²) in [6.45, 7) is 3.86. The molecule has 28 heavy (non-hydrogen) atoms. The summed E-state index contributed by atoms with van der Waals surface area (Å²) in [7, 11) is 0. The number of benzene rings is 2. The molecule has 0 saturated carbocycles. The number of pyridine rings is 1. The molecule has 1 N–H and O–H groups in total. The van der Waals surface area contributed by atoms with Crippen molar-refractivity contribution >= 4 is 22.8 Å². The highest BCUT2D eigenvalue weighted by Gasteiger charge is 2.31. The van der Waals surface area contributed by atoms with Crippen molar-refractivity contribution in [1.29, 1.82) is 0 Å². The van der Waals surface area contributed by atoms with Crippen molar-refractivity contribution in [2.24, 2.45) is 5.41 Å². The van der Waals surface area contributed by atoms with Crippen LogP contribution in [0.25, 0.3) is 16.7 Å². The monoisotopic (exact) mass is 370 g/mol. The van der Waals surface area contributed by atoms with Gasteiger partial charge in [-0.05, 0) is 36.4 Å². The third-order valence-electron chi connectivity index (χ3n) is 4.77. The third-order valence-corrected chi connectivity index (χ3v) is 4.77. The number of carbonyl (C=O) groups excluding carboxylic acids is 1. The first-order valence-corrected chi connectivity index (χ1v) is 9.29. The first-order chi connectivity index (χ1) is 13.5. The number of nitrogens with one attached hydrogen (secondary N) is 1. The Labute approximate surface area is 164 Å². The van der Waals surface area contributed by atoms with Gasteiger partial charge in [-0.1, -0.05) is 50.2 Å². The zero-order chi connectivity index (χ0) is 19.6. The van der Waals surface area contributed by atoms with Gasteiger partial charge in [0, 0.05) is 18.3 Å². The van der Waals surface area contributed by atoms with Gasteiger partial charge in [0.25, 0.3) is 0 Å². The lowest BCUT2D eigenvalue weighted by Gasteiger charge is -2.23. The number of hydrogen-bond donors (Lipinski definition) is 1. The molecular formula is C23H22N4O. The summed E-state index contributed by atoms with van der Waals surface area (Å²) in [5, 5.41) is 2.91. The van der Waals surface area contributed by atoms with Gasteiger partial charge in [0.05, 0.1) is 16.4 Å². The Balaban J connectivity index is 1.70. The molecule has 2 heterocycles. The van der Waals surface area contributed by atoms with Gasteiger partial charge in [-0.25, -0.2) is 9.97 Å². The van der Waals surface area contributed by atoms with Crippen LogP contribution >= 0.6 is 0 Å². The van der Waals surface area contributed by atoms with Crippen LogP contribution in [-0.2, 0) is 11.2 Å². The van der Waals surface area contributed by atoms with Gasteiger partial charge in [-0.15, -0.1) is 0 Å². The van der Waals surface area contributed by atoms with E-state index in [9.17, 15) is 4.79 Å². The Morgan fingerprint density at radius 3 is 2.43 bits per heavy atom. The summed E-state index contributed by atoms with van der Waals surface area (Å²) in [6.07, 6.45) is 2.16. The summed E-state index contributed by atoms with van der Waals surface area (Å²) in [5.41, 5.74) is 2.32. The number of imidazole rings is 1. The van der Waals surface area contributed by atoms with Crippen molar-refractivity contribution in [2.45, 2.75) is 20.3 Å². The van der Waals surface area contributed by atoms with Crippen molar-refractivity contribution in [2.75, 3.05) is 5.32 Å². The van der Waals surface area contributed by atoms with Crippen LogP contribution in [-0.4, -0.2) is 20.4 Å². The fourth-order valence-electron chi connectivity index (χ4n) is 3.26. The van der Waals surface area contributed by atoms with Crippen molar-refractivity contribution in [3.63, 3.8) is 0 Å². The maximum Gasteiger partial charge on any atom is 0.231 e. The van der Waals surface area contributed by atoms with E-state index in [1.807, 2.05) is 62.4 Å². The molecular weight excluding hydrogens is 348 g/mol. The average Bonchev–Trinajstić information content (AvgIpc) is 3.06. The van der Waals surface area contributed by atoms with E-state index < -0.39 is 5.41 Å². The van der Waals surface area contributed by atoms with Crippen LogP contribution < -0.4 is 5.32 Å². The molecule has 0 fully saturated rings. The van der Waals surface area contributed by atoms with E-state index in [4.69, 9.17) is 4.98 Å². The second-order valence-electron chi connectivity index (χ2n) is 7.42. The Hall–Kier alpha value is -3.47. The molecule has 0 atom stereocenters. The zero-order valence-electron chi connectivity index (χ0n) is 16.0. The van der Waals surface area contributed by atoms with Gasteiger partial charge in [0.2, 0.25) is 5.91 Å². The molecule has 0 radical (unpaired) electrons. The van der Waals surface area contributed by atoms with Gasteiger partial charge in [-0.2, -0.15) is 0 Å². The van der Waals surface area contributed by atoms with Crippen LogP contribution in [0.15, 0.2) is 79.0 Å². The Bertz CT molecular complexity index is 1100. The molecule has 0 aliphatic heterocycles. The number of nitrogens with zero attached hydrogens (tertiary/aromatic N) is 3. The number of amides is 1. The lowest BCUT2D eigenvalue weighted by atomic mass is 9.87. The van der Waals surface area contributed by atoms with Crippen molar-refractivity contribution < 1.29 is 4.79 Å². The summed E-state index contributed by atoms with van der Waals surface area (Å²) in [5.74, 6) is 1.32. The van der Waals surface area contributed by atoms with E-state index >= 15 is 0 Å². The molecule has 0 spiro atoms. The first-order valence-electron chi connectivity index (χ1n) is 9.29. The molecule has 2 aromatic heterocycles. The highest BCUT2D eigenvalue weighted by Crippen LogP contribution is 2.28. The Kier molecular flexibility index (Phi) is 4.65. The molecule has 4 rings (SSSR count). The fraction of sp³-hybridized carbons (Fsp3) is 0.174. The predicted molar refractivity (Wildman–Crippen MR) is 111 cm³/mol. The smallest absolute Gasteiger partial charge is 0.231 e. The number of rotatable bonds is 5. The van der Waals surface area contributed by atoms with Gasteiger partial charge in [-0.3, -0.25) is 9.36 Å². The summed E-state index contributed by atoms with van der Waals surface area (Å²) < 4.78 is 2.13. The number of fused-ring (bicyclic) bond motifs is 1. The van der Waals surface area contributed by atoms with E-state index in [0.29, 0.717) is 12.2 Å². The van der Waals surface area contributed by atoms with Crippen LogP contribution in [0.2, 0.25) is 0 Å². The third kappa shape index (κ3) is 3.51. The quantitative estimate of drug-likeness (QED) is 0.557. The van der Waals surface area contributed by atoms with Crippen LogP contribution in [0.3, 0.4) is 0 Å². The van der Waals surface area contributed by atoms with Crippen molar-refractivity contribution in [3.8, 4) is 5.69 Å². The minimum Gasteiger partial charge on any atom is -0.310 e. The van der Waals surface area contributed by atoms with E-state index in [0.717, 1.165) is 22.5 Å². The van der Waals surface area contributed by atoms with E-state index in [-0.39, 0.29) is 5.91 Å². The van der Waals surface area contributed by atoms with Gasteiger partial charge in [0.15, 0.2) is 0 Å². The molecule has 5 nitrogen and oxygen atoms in total. The molecule has 2 aromatic carbocycles. The number of aromatic nitrogens is 3. The minimum atomic E-state index is -0.661. The van der Waals surface area contributed by atoms with Crippen LogP contribution in [0, 0.1) is 5.41 Å². The molecule has 4 aromatic rings. The molecule has 0 unspecified atom stereocenters. The first kappa shape index (κ1) is 17.9. The number of para-hydroxylation sites is 3. The summed E-state index contributed by atoms with van der Waals surface area (Å²) in [4.78, 5) is 21.9. The second-order valence-corrected chi connectivity index (χ2v) is 7.42. The standard InChI is InChI=1S/C23H22N4O/c1-23(2,22(28)26-20-14-8-9-15-24-20)16-21-25-18-12-6-7-13-19(18)27(21)17-10-4-3-5-11-17/h3-15H,16H2,1-2H3,(H,24,26,28). The number of carbonyl (C=O) groups is 1. The highest BCUT2D eigenvalue weighted by molar-refractivity contribution is 5.94. The zero-order valence-corrected chi connectivity index (χ0v) is 16.0. The second kappa shape index (κ2) is 7.27. The lowest BCUT2D eigenvalue weighted by Crippen LogP contribution is -2.33. The van der Waals surface area contributed by atoms with Gasteiger partial charge >= 0.3 is 0 Å². The largest absolute Gasteiger partial charge is 0.310 e. The number of hydrogen-bond acceptors (Lipinski definition) is 3. The summed E-state index contributed by atoms with van der Waals surface area (Å²) >= 11 is 0. The van der Waals surface area contributed by atoms with Crippen LogP contribution in [0.5, 0.6) is 0 Å². The minimum absolute atomic E-state index is 0.0853. The molecule has 5 heteroatoms. The SMILES string of the molecule is CC(C)(Cc1nc2ccccc2n1-c1ccccc1)C(=O)Nc1ccccn1. The Morgan fingerprint density at radius 1 is 0.964 bits per heavy atom. The molecule has 140 valence electrons. The normalized spacial score (nSPS) is 11.5. The molecule has 0 aliphatic carbocycles. The topological polar surface area (TPSA) is 59.8 Å². The van der Waals surface area contributed by atoms with Gasteiger partial charge < -0.3 is 5.32 Å². The number of anilines is 1. The molecule has 0 saturated heterocycles. The van der Waals surface area contributed by atoms with Crippen LogP contribution in [0.1, 0.15) is 19.7 Å². The van der Waals surface area contributed by atoms with Crippen molar-refractivity contribution in [3.05, 3.63) is 84.8 Å². The molecule has 0 bridgehead atoms. The highest BCUT2D eigenvalue weighted by atomic mass is 16.2. The van der Waals surface area contributed by atoms with E-state index in [2.05, 4.69) is 33.1 Å². The van der Waals surface area contributed by atoms with Crippen LogP contribution in [0.4, 0.5) is 5.82 Å². The average molecular weight is 370 g/mol. The maximum absolute atomic E-state index is 12.9. The van der Waals surface area contributed by atoms with Crippen molar-refractivity contribution in [1.82, 2.24) is 14.5 Å². The fourth-order valence-corrected chi connectivity index (χ4v) is 3.26. The maximum atomic E-state index is 12.9. The Morgan fingerprint density at radius 2 is 1.68 bits per heavy atom. The van der Waals surface area contributed by atoms with Gasteiger partial charge in [0.1, 0.15) is 11.6 Å².